The molecule has 2 aliphatic rings. The van der Waals surface area contributed by atoms with Crippen LogP contribution in [0.1, 0.15) is 58.3 Å². The maximum absolute atomic E-state index is 12.0. The Kier molecular flexibility index (Phi) is 5.02. The van der Waals surface area contributed by atoms with Gasteiger partial charge in [0.05, 0.1) is 6.54 Å². The van der Waals surface area contributed by atoms with E-state index in [1.54, 1.807) is 0 Å². The summed E-state index contributed by atoms with van der Waals surface area (Å²) in [5, 5.41) is 15.5. The number of hydrogen-bond donors (Lipinski definition) is 3. The van der Waals surface area contributed by atoms with Crippen molar-refractivity contribution < 1.29 is 14.7 Å². The molecule has 0 aromatic heterocycles. The molecule has 0 heterocycles. The van der Waals surface area contributed by atoms with Crippen molar-refractivity contribution in [2.45, 2.75) is 69.9 Å². The van der Waals surface area contributed by atoms with E-state index in [2.05, 4.69) is 17.6 Å². The highest BCUT2D eigenvalue weighted by Gasteiger charge is 2.42. The maximum Gasteiger partial charge on any atom is 0.329 e. The van der Waals surface area contributed by atoms with Crippen molar-refractivity contribution in [3.8, 4) is 0 Å². The van der Waals surface area contributed by atoms with Gasteiger partial charge in [-0.2, -0.15) is 0 Å². The summed E-state index contributed by atoms with van der Waals surface area (Å²) >= 11 is 0. The largest absolute Gasteiger partial charge is 0.480 e. The summed E-state index contributed by atoms with van der Waals surface area (Å²) in [6, 6.07) is 0.424. The van der Waals surface area contributed by atoms with Crippen molar-refractivity contribution in [2.75, 3.05) is 6.54 Å². The third-order valence-electron chi connectivity index (χ3n) is 4.82. The van der Waals surface area contributed by atoms with Gasteiger partial charge in [-0.05, 0) is 44.4 Å². The van der Waals surface area contributed by atoms with Crippen molar-refractivity contribution in [2.24, 2.45) is 5.92 Å². The molecule has 3 N–H and O–H groups in total. The molecule has 0 bridgehead atoms. The van der Waals surface area contributed by atoms with Crippen LogP contribution in [0.3, 0.4) is 0 Å². The molecule has 0 saturated heterocycles. The number of carboxylic acid groups (broad SMARTS) is 1. The number of carbonyl (C=O) groups excluding carboxylic acids is 1. The first kappa shape index (κ1) is 15.3. The fourth-order valence-corrected chi connectivity index (χ4v) is 3.33. The smallest absolute Gasteiger partial charge is 0.329 e. The third-order valence-corrected chi connectivity index (χ3v) is 4.82. The SMILES string of the molecule is CC1CCC(NC(=O)CNC2CCCC2)(C(=O)O)CC1. The fourth-order valence-electron chi connectivity index (χ4n) is 3.33. The normalized spacial score (nSPS) is 31.1. The van der Waals surface area contributed by atoms with Crippen LogP contribution in [0.4, 0.5) is 0 Å². The van der Waals surface area contributed by atoms with E-state index in [0.717, 1.165) is 25.7 Å². The van der Waals surface area contributed by atoms with Crippen LogP contribution in [0, 0.1) is 5.92 Å². The molecule has 0 spiro atoms. The second-order valence-electron chi connectivity index (χ2n) is 6.48. The van der Waals surface area contributed by atoms with E-state index in [0.29, 0.717) is 24.8 Å². The first-order valence-corrected chi connectivity index (χ1v) is 7.80. The number of nitrogens with one attached hydrogen (secondary N) is 2. The molecule has 5 heteroatoms. The maximum atomic E-state index is 12.0. The number of carboxylic acids is 1. The minimum absolute atomic E-state index is 0.186. The van der Waals surface area contributed by atoms with E-state index in [9.17, 15) is 14.7 Å². The van der Waals surface area contributed by atoms with Crippen molar-refractivity contribution in [3.05, 3.63) is 0 Å². The summed E-state index contributed by atoms with van der Waals surface area (Å²) in [5.41, 5.74) is -1.04. The Labute approximate surface area is 120 Å². The van der Waals surface area contributed by atoms with E-state index in [1.807, 2.05) is 0 Å². The quantitative estimate of drug-likeness (QED) is 0.716. The van der Waals surface area contributed by atoms with Crippen LogP contribution >= 0.6 is 0 Å². The van der Waals surface area contributed by atoms with Crippen molar-refractivity contribution in [3.63, 3.8) is 0 Å². The van der Waals surface area contributed by atoms with Crippen LogP contribution in [-0.2, 0) is 9.59 Å². The van der Waals surface area contributed by atoms with Crippen molar-refractivity contribution >= 4 is 11.9 Å². The molecular formula is C15H26N2O3. The molecule has 2 saturated carbocycles. The molecule has 0 aromatic rings. The second-order valence-corrected chi connectivity index (χ2v) is 6.48. The topological polar surface area (TPSA) is 78.4 Å². The summed E-state index contributed by atoms with van der Waals surface area (Å²) < 4.78 is 0. The highest BCUT2D eigenvalue weighted by Crippen LogP contribution is 2.32. The Bertz CT molecular complexity index is 356. The van der Waals surface area contributed by atoms with Gasteiger partial charge in [-0.3, -0.25) is 4.79 Å². The molecular weight excluding hydrogens is 256 g/mol. The molecule has 0 unspecified atom stereocenters. The highest BCUT2D eigenvalue weighted by molar-refractivity contribution is 5.88. The average molecular weight is 282 g/mol. The molecule has 0 aliphatic heterocycles. The van der Waals surface area contributed by atoms with Gasteiger partial charge in [0.25, 0.3) is 0 Å². The van der Waals surface area contributed by atoms with E-state index in [-0.39, 0.29) is 12.5 Å². The summed E-state index contributed by atoms with van der Waals surface area (Å²) in [6.45, 7) is 2.37. The Morgan fingerprint density at radius 3 is 2.30 bits per heavy atom. The number of carbonyl (C=O) groups is 2. The first-order chi connectivity index (χ1) is 9.52. The number of aliphatic carboxylic acids is 1. The minimum Gasteiger partial charge on any atom is -0.480 e. The third kappa shape index (κ3) is 3.72. The molecule has 0 radical (unpaired) electrons. The van der Waals surface area contributed by atoms with Crippen molar-refractivity contribution in [1.29, 1.82) is 0 Å². The standard InChI is InChI=1S/C15H26N2O3/c1-11-6-8-15(9-7-11,14(19)20)17-13(18)10-16-12-4-2-3-5-12/h11-12,16H,2-10H2,1H3,(H,17,18)(H,19,20). The van der Waals surface area contributed by atoms with E-state index in [4.69, 9.17) is 0 Å². The lowest BCUT2D eigenvalue weighted by Crippen LogP contribution is -2.58. The van der Waals surface area contributed by atoms with Gasteiger partial charge >= 0.3 is 5.97 Å². The molecule has 2 rings (SSSR count). The second kappa shape index (κ2) is 6.57. The van der Waals surface area contributed by atoms with Gasteiger partial charge in [-0.15, -0.1) is 0 Å². The lowest BCUT2D eigenvalue weighted by atomic mass is 9.77. The summed E-state index contributed by atoms with van der Waals surface area (Å²) in [4.78, 5) is 23.6. The molecule has 20 heavy (non-hydrogen) atoms. The van der Waals surface area contributed by atoms with Gasteiger partial charge in [-0.25, -0.2) is 4.79 Å². The lowest BCUT2D eigenvalue weighted by Gasteiger charge is -2.36. The molecule has 2 fully saturated rings. The molecule has 0 aromatic carbocycles. The predicted molar refractivity (Wildman–Crippen MR) is 76.4 cm³/mol. The van der Waals surface area contributed by atoms with Crippen LogP contribution in [0.2, 0.25) is 0 Å². The molecule has 2 aliphatic carbocycles. The van der Waals surface area contributed by atoms with E-state index < -0.39 is 11.5 Å². The number of hydrogen-bond acceptors (Lipinski definition) is 3. The average Bonchev–Trinajstić information content (AvgIpc) is 2.92. The first-order valence-electron chi connectivity index (χ1n) is 7.80. The molecule has 1 amide bonds. The van der Waals surface area contributed by atoms with Gasteiger partial charge in [0.15, 0.2) is 0 Å². The van der Waals surface area contributed by atoms with Crippen LogP contribution < -0.4 is 10.6 Å². The molecule has 0 atom stereocenters. The summed E-state index contributed by atoms with van der Waals surface area (Å²) in [7, 11) is 0. The molecule has 114 valence electrons. The van der Waals surface area contributed by atoms with Crippen LogP contribution in [-0.4, -0.2) is 35.1 Å². The zero-order valence-corrected chi connectivity index (χ0v) is 12.3. The van der Waals surface area contributed by atoms with Crippen molar-refractivity contribution in [1.82, 2.24) is 10.6 Å². The summed E-state index contributed by atoms with van der Waals surface area (Å²) in [5.74, 6) is -0.525. The zero-order chi connectivity index (χ0) is 14.6. The van der Waals surface area contributed by atoms with Gasteiger partial charge in [0, 0.05) is 6.04 Å². The molecule has 5 nitrogen and oxygen atoms in total. The van der Waals surface area contributed by atoms with E-state index in [1.165, 1.54) is 12.8 Å². The predicted octanol–water partition coefficient (Wildman–Crippen LogP) is 1.67. The van der Waals surface area contributed by atoms with Crippen LogP contribution in [0.5, 0.6) is 0 Å². The number of rotatable bonds is 5. The Hall–Kier alpha value is -1.10. The Morgan fingerprint density at radius 2 is 1.75 bits per heavy atom. The summed E-state index contributed by atoms with van der Waals surface area (Å²) in [6.07, 6.45) is 7.48. The van der Waals surface area contributed by atoms with Crippen LogP contribution in [0.25, 0.3) is 0 Å². The fraction of sp³-hybridized carbons (Fsp3) is 0.867. The Morgan fingerprint density at radius 1 is 1.15 bits per heavy atom. The minimum atomic E-state index is -1.04. The van der Waals surface area contributed by atoms with Gasteiger partial charge in [0.2, 0.25) is 5.91 Å². The van der Waals surface area contributed by atoms with Gasteiger partial charge < -0.3 is 15.7 Å². The highest BCUT2D eigenvalue weighted by atomic mass is 16.4. The van der Waals surface area contributed by atoms with Gasteiger partial charge in [-0.1, -0.05) is 19.8 Å². The van der Waals surface area contributed by atoms with Gasteiger partial charge in [0.1, 0.15) is 5.54 Å². The zero-order valence-electron chi connectivity index (χ0n) is 12.3. The number of amides is 1. The lowest BCUT2D eigenvalue weighted by molar-refractivity contribution is -0.149. The van der Waals surface area contributed by atoms with Crippen LogP contribution in [0.15, 0.2) is 0 Å². The monoisotopic (exact) mass is 282 g/mol. The van der Waals surface area contributed by atoms with E-state index >= 15 is 0 Å². The Balaban J connectivity index is 1.84.